The number of methoxy groups -OCH3 is 1. The number of halogens is 3. The number of aromatic amines is 1. The van der Waals surface area contributed by atoms with E-state index in [1.54, 1.807) is 42.5 Å². The van der Waals surface area contributed by atoms with E-state index >= 15 is 0 Å². The van der Waals surface area contributed by atoms with Gasteiger partial charge in [-0.3, -0.25) is 9.89 Å². The lowest BCUT2D eigenvalue weighted by atomic mass is 10.1. The molecule has 0 atom stereocenters. The highest BCUT2D eigenvalue weighted by Gasteiger charge is 2.18. The van der Waals surface area contributed by atoms with Crippen LogP contribution < -0.4 is 5.32 Å². The monoisotopic (exact) mass is 479 g/mol. The van der Waals surface area contributed by atoms with Gasteiger partial charge in [-0.25, -0.2) is 4.79 Å². The number of esters is 1. The van der Waals surface area contributed by atoms with Gasteiger partial charge in [0.05, 0.1) is 27.9 Å². The van der Waals surface area contributed by atoms with Gasteiger partial charge < -0.3 is 10.1 Å². The number of aromatic nitrogens is 2. The minimum atomic E-state index is -0.501. The van der Waals surface area contributed by atoms with Crippen LogP contribution in [-0.4, -0.2) is 29.2 Å². The molecule has 0 unspecified atom stereocenters. The van der Waals surface area contributed by atoms with Crippen LogP contribution in [-0.2, 0) is 4.74 Å². The Hall–Kier alpha value is -2.58. The number of rotatable bonds is 4. The molecule has 0 saturated heterocycles. The standard InChI is InChI=1S/C20H12Cl3N3O3S/c1-29-20(28)18-17(23)11-4-3-10(7-16(11)30-18)24-19(27)15-8-14(25-26-15)9-2-5-12(21)13(22)6-9/h2-8H,1H3,(H,24,27)(H,25,26). The lowest BCUT2D eigenvalue weighted by molar-refractivity contribution is 0.0606. The summed E-state index contributed by atoms with van der Waals surface area (Å²) >= 11 is 19.4. The van der Waals surface area contributed by atoms with Crippen LogP contribution in [0.4, 0.5) is 5.69 Å². The summed E-state index contributed by atoms with van der Waals surface area (Å²) < 4.78 is 5.49. The number of hydrogen-bond donors (Lipinski definition) is 2. The fourth-order valence-electron chi connectivity index (χ4n) is 2.81. The Labute approximate surface area is 189 Å². The van der Waals surface area contributed by atoms with E-state index in [1.807, 2.05) is 0 Å². The van der Waals surface area contributed by atoms with E-state index in [-0.39, 0.29) is 11.6 Å². The molecule has 2 heterocycles. The molecular weight excluding hydrogens is 469 g/mol. The maximum atomic E-state index is 12.6. The van der Waals surface area contributed by atoms with Gasteiger partial charge in [0.1, 0.15) is 10.6 Å². The van der Waals surface area contributed by atoms with Crippen molar-refractivity contribution in [3.63, 3.8) is 0 Å². The average molecular weight is 481 g/mol. The Morgan fingerprint density at radius 3 is 2.60 bits per heavy atom. The number of fused-ring (bicyclic) bond motifs is 1. The molecule has 0 saturated carbocycles. The van der Waals surface area contributed by atoms with Gasteiger partial charge in [-0.2, -0.15) is 5.10 Å². The van der Waals surface area contributed by atoms with Crippen LogP contribution in [0.2, 0.25) is 15.1 Å². The smallest absolute Gasteiger partial charge is 0.349 e. The maximum Gasteiger partial charge on any atom is 0.349 e. The topological polar surface area (TPSA) is 84.1 Å². The van der Waals surface area contributed by atoms with Crippen LogP contribution in [0.25, 0.3) is 21.3 Å². The first kappa shape index (κ1) is 20.7. The van der Waals surface area contributed by atoms with Crippen molar-refractivity contribution >= 4 is 73.8 Å². The summed E-state index contributed by atoms with van der Waals surface area (Å²) in [6.45, 7) is 0. The van der Waals surface area contributed by atoms with Crippen molar-refractivity contribution in [1.82, 2.24) is 10.2 Å². The number of H-pyrrole nitrogens is 1. The lowest BCUT2D eigenvalue weighted by Crippen LogP contribution is -2.12. The molecule has 0 aliphatic carbocycles. The van der Waals surface area contributed by atoms with Crippen LogP contribution >= 0.6 is 46.1 Å². The predicted octanol–water partition coefficient (Wildman–Crippen LogP) is 6.29. The molecule has 30 heavy (non-hydrogen) atoms. The number of carbonyl (C=O) groups is 2. The zero-order chi connectivity index (χ0) is 21.4. The van der Waals surface area contributed by atoms with Crippen LogP contribution in [0.3, 0.4) is 0 Å². The number of thiophene rings is 1. The molecule has 1 amide bonds. The molecule has 4 rings (SSSR count). The highest BCUT2D eigenvalue weighted by atomic mass is 35.5. The molecule has 0 spiro atoms. The molecule has 152 valence electrons. The zero-order valence-corrected chi connectivity index (χ0v) is 18.3. The minimum Gasteiger partial charge on any atom is -0.465 e. The second-order valence-electron chi connectivity index (χ2n) is 6.20. The molecule has 0 radical (unpaired) electrons. The van der Waals surface area contributed by atoms with Crippen molar-refractivity contribution in [1.29, 1.82) is 0 Å². The molecule has 10 heteroatoms. The van der Waals surface area contributed by atoms with Gasteiger partial charge in [0.25, 0.3) is 5.91 Å². The summed E-state index contributed by atoms with van der Waals surface area (Å²) in [5, 5.41) is 11.6. The Morgan fingerprint density at radius 2 is 1.87 bits per heavy atom. The number of nitrogens with zero attached hydrogens (tertiary/aromatic N) is 1. The van der Waals surface area contributed by atoms with Gasteiger partial charge >= 0.3 is 5.97 Å². The number of amides is 1. The average Bonchev–Trinajstić information content (AvgIpc) is 3.35. The fourth-order valence-corrected chi connectivity index (χ4v) is 4.57. The normalized spacial score (nSPS) is 10.9. The van der Waals surface area contributed by atoms with Gasteiger partial charge in [-0.1, -0.05) is 40.9 Å². The zero-order valence-electron chi connectivity index (χ0n) is 15.3. The minimum absolute atomic E-state index is 0.274. The van der Waals surface area contributed by atoms with Gasteiger partial charge in [-0.05, 0) is 36.4 Å². The van der Waals surface area contributed by atoms with Gasteiger partial charge in [-0.15, -0.1) is 11.3 Å². The number of nitrogens with one attached hydrogen (secondary N) is 2. The summed E-state index contributed by atoms with van der Waals surface area (Å²) in [4.78, 5) is 24.8. The van der Waals surface area contributed by atoms with Crippen molar-refractivity contribution in [2.24, 2.45) is 0 Å². The summed E-state index contributed by atoms with van der Waals surface area (Å²) in [5.74, 6) is -0.872. The number of ether oxygens (including phenoxy) is 1. The van der Waals surface area contributed by atoms with Crippen LogP contribution in [0.5, 0.6) is 0 Å². The molecule has 2 aromatic heterocycles. The molecule has 2 N–H and O–H groups in total. The molecular formula is C20H12Cl3N3O3S. The molecule has 2 aromatic carbocycles. The van der Waals surface area contributed by atoms with E-state index in [0.717, 1.165) is 10.3 Å². The molecule has 0 bridgehead atoms. The Morgan fingerprint density at radius 1 is 1.07 bits per heavy atom. The van der Waals surface area contributed by atoms with E-state index in [0.29, 0.717) is 36.7 Å². The van der Waals surface area contributed by atoms with Gasteiger partial charge in [0.15, 0.2) is 0 Å². The molecule has 0 fully saturated rings. The van der Waals surface area contributed by atoms with Crippen LogP contribution in [0.1, 0.15) is 20.2 Å². The number of carbonyl (C=O) groups excluding carboxylic acids is 2. The third kappa shape index (κ3) is 3.89. The number of anilines is 1. The second kappa shape index (κ2) is 8.28. The third-order valence-corrected chi connectivity index (χ3v) is 6.67. The molecule has 6 nitrogen and oxygen atoms in total. The number of benzene rings is 2. The first-order valence-corrected chi connectivity index (χ1v) is 10.4. The van der Waals surface area contributed by atoms with E-state index in [4.69, 9.17) is 39.5 Å². The Kier molecular flexibility index (Phi) is 5.71. The van der Waals surface area contributed by atoms with Crippen LogP contribution in [0, 0.1) is 0 Å². The fraction of sp³-hybridized carbons (Fsp3) is 0.0500. The van der Waals surface area contributed by atoms with Crippen molar-refractivity contribution < 1.29 is 14.3 Å². The Bertz CT molecular complexity index is 1300. The summed E-state index contributed by atoms with van der Waals surface area (Å²) in [6.07, 6.45) is 0. The highest BCUT2D eigenvalue weighted by molar-refractivity contribution is 7.21. The van der Waals surface area contributed by atoms with Crippen molar-refractivity contribution in [3.8, 4) is 11.3 Å². The SMILES string of the molecule is COC(=O)c1sc2cc(NC(=O)c3cc(-c4ccc(Cl)c(Cl)c4)n[nH]3)ccc2c1Cl. The van der Waals surface area contributed by atoms with Crippen molar-refractivity contribution in [2.45, 2.75) is 0 Å². The molecule has 0 aliphatic rings. The Balaban J connectivity index is 1.56. The van der Waals surface area contributed by atoms with Gasteiger partial charge in [0.2, 0.25) is 0 Å². The van der Waals surface area contributed by atoms with E-state index in [9.17, 15) is 9.59 Å². The maximum absolute atomic E-state index is 12.6. The molecule has 4 aromatic rings. The van der Waals surface area contributed by atoms with E-state index in [2.05, 4.69) is 15.5 Å². The third-order valence-electron chi connectivity index (χ3n) is 4.30. The predicted molar refractivity (Wildman–Crippen MR) is 120 cm³/mol. The van der Waals surface area contributed by atoms with Crippen LogP contribution in [0.15, 0.2) is 42.5 Å². The summed E-state index contributed by atoms with van der Waals surface area (Å²) in [5.41, 5.74) is 2.11. The van der Waals surface area contributed by atoms with Crippen molar-refractivity contribution in [2.75, 3.05) is 12.4 Å². The van der Waals surface area contributed by atoms with Crippen molar-refractivity contribution in [3.05, 3.63) is 68.1 Å². The van der Waals surface area contributed by atoms with E-state index in [1.165, 1.54) is 18.4 Å². The quantitative estimate of drug-likeness (QED) is 0.336. The molecule has 0 aliphatic heterocycles. The summed E-state index contributed by atoms with van der Waals surface area (Å²) in [7, 11) is 1.30. The largest absolute Gasteiger partial charge is 0.465 e. The second-order valence-corrected chi connectivity index (χ2v) is 8.44. The highest BCUT2D eigenvalue weighted by Crippen LogP contribution is 2.37. The number of hydrogen-bond acceptors (Lipinski definition) is 5. The van der Waals surface area contributed by atoms with Gasteiger partial charge in [0, 0.05) is 21.3 Å². The lowest BCUT2D eigenvalue weighted by Gasteiger charge is -2.03. The van der Waals surface area contributed by atoms with E-state index < -0.39 is 5.97 Å². The first-order chi connectivity index (χ1) is 14.4. The summed E-state index contributed by atoms with van der Waals surface area (Å²) in [6, 6.07) is 11.9. The first-order valence-electron chi connectivity index (χ1n) is 8.50.